The van der Waals surface area contributed by atoms with Gasteiger partial charge in [-0.2, -0.15) is 5.10 Å². The van der Waals surface area contributed by atoms with Gasteiger partial charge in [-0.15, -0.1) is 0 Å². The molecule has 0 fully saturated rings. The van der Waals surface area contributed by atoms with Crippen LogP contribution in [0.4, 0.5) is 0 Å². The lowest BCUT2D eigenvalue weighted by Crippen LogP contribution is -2.24. The van der Waals surface area contributed by atoms with Crippen molar-refractivity contribution in [3.63, 3.8) is 0 Å². The first-order valence-electron chi connectivity index (χ1n) is 10.7. The Balaban J connectivity index is 1.65. The number of hydrazone groups is 1. The largest absolute Gasteiger partial charge is 0.493 e. The van der Waals surface area contributed by atoms with Crippen LogP contribution < -0.4 is 29.1 Å². The first kappa shape index (κ1) is 26.4. The van der Waals surface area contributed by atoms with E-state index >= 15 is 0 Å². The second kappa shape index (κ2) is 12.5. The number of esters is 1. The number of carbonyl (C=O) groups is 2. The van der Waals surface area contributed by atoms with Gasteiger partial charge in [0.25, 0.3) is 5.91 Å². The van der Waals surface area contributed by atoms with Gasteiger partial charge < -0.3 is 23.7 Å². The fraction of sp³-hybridized carbons (Fsp3) is 0.192. The van der Waals surface area contributed by atoms with Gasteiger partial charge in [-0.1, -0.05) is 23.7 Å². The average molecular weight is 513 g/mol. The zero-order valence-corrected chi connectivity index (χ0v) is 20.9. The highest BCUT2D eigenvalue weighted by Gasteiger charge is 2.19. The van der Waals surface area contributed by atoms with Crippen LogP contribution in [0.2, 0.25) is 5.02 Å². The van der Waals surface area contributed by atoms with Crippen molar-refractivity contribution in [2.45, 2.75) is 6.92 Å². The summed E-state index contributed by atoms with van der Waals surface area (Å²) in [6.07, 6.45) is 1.36. The Bertz CT molecular complexity index is 1250. The number of ether oxygens (including phenoxy) is 5. The molecule has 1 amide bonds. The molecular formula is C26H25ClN2O7. The summed E-state index contributed by atoms with van der Waals surface area (Å²) in [5, 5.41) is 4.54. The van der Waals surface area contributed by atoms with Gasteiger partial charge in [0, 0.05) is 10.6 Å². The molecule has 0 spiro atoms. The quantitative estimate of drug-likeness (QED) is 0.185. The molecule has 3 aromatic rings. The first-order valence-corrected chi connectivity index (χ1v) is 11.1. The number of methoxy groups -OCH3 is 3. The maximum Gasteiger partial charge on any atom is 0.343 e. The fourth-order valence-electron chi connectivity index (χ4n) is 3.10. The van der Waals surface area contributed by atoms with E-state index in [-0.39, 0.29) is 17.9 Å². The third-order valence-corrected chi connectivity index (χ3v) is 5.34. The molecule has 3 rings (SSSR count). The molecular weight excluding hydrogens is 488 g/mol. The highest BCUT2D eigenvalue weighted by atomic mass is 35.5. The van der Waals surface area contributed by atoms with Crippen LogP contribution in [0.3, 0.4) is 0 Å². The number of hydrogen-bond donors (Lipinski definition) is 1. The predicted octanol–water partition coefficient (Wildman–Crippen LogP) is 4.42. The van der Waals surface area contributed by atoms with Crippen molar-refractivity contribution in [3.8, 4) is 28.7 Å². The zero-order valence-electron chi connectivity index (χ0n) is 20.2. The van der Waals surface area contributed by atoms with Crippen LogP contribution >= 0.6 is 11.6 Å². The molecule has 0 saturated heterocycles. The van der Waals surface area contributed by atoms with E-state index in [4.69, 9.17) is 35.3 Å². The van der Waals surface area contributed by atoms with Crippen molar-refractivity contribution < 1.29 is 33.3 Å². The van der Waals surface area contributed by atoms with Crippen molar-refractivity contribution in [2.24, 2.45) is 5.10 Å². The Hall–Kier alpha value is -4.24. The van der Waals surface area contributed by atoms with E-state index in [0.29, 0.717) is 33.6 Å². The number of benzene rings is 3. The average Bonchev–Trinajstić information content (AvgIpc) is 2.89. The van der Waals surface area contributed by atoms with E-state index in [9.17, 15) is 9.59 Å². The molecule has 0 heterocycles. The van der Waals surface area contributed by atoms with Crippen LogP contribution in [0.15, 0.2) is 59.7 Å². The Kier molecular flexibility index (Phi) is 9.13. The maximum absolute atomic E-state index is 12.8. The van der Waals surface area contributed by atoms with Gasteiger partial charge in [0.1, 0.15) is 11.5 Å². The van der Waals surface area contributed by atoms with Crippen molar-refractivity contribution in [1.82, 2.24) is 5.43 Å². The number of halogens is 1. The van der Waals surface area contributed by atoms with Crippen molar-refractivity contribution in [2.75, 3.05) is 27.9 Å². The number of para-hydroxylation sites is 1. The molecule has 0 bridgehead atoms. The van der Waals surface area contributed by atoms with Crippen LogP contribution in [-0.2, 0) is 4.79 Å². The minimum atomic E-state index is -0.647. The van der Waals surface area contributed by atoms with Crippen LogP contribution in [0.5, 0.6) is 28.7 Å². The van der Waals surface area contributed by atoms with Gasteiger partial charge in [0.2, 0.25) is 5.75 Å². The molecule has 0 atom stereocenters. The molecule has 0 aliphatic carbocycles. The zero-order chi connectivity index (χ0) is 26.1. The van der Waals surface area contributed by atoms with E-state index in [1.165, 1.54) is 39.7 Å². The van der Waals surface area contributed by atoms with Crippen molar-refractivity contribution >= 4 is 29.7 Å². The number of rotatable bonds is 10. The normalized spacial score (nSPS) is 10.6. The highest BCUT2D eigenvalue weighted by molar-refractivity contribution is 6.31. The molecule has 1 N–H and O–H groups in total. The maximum atomic E-state index is 12.8. The highest BCUT2D eigenvalue weighted by Crippen LogP contribution is 2.38. The summed E-state index contributed by atoms with van der Waals surface area (Å²) in [5.41, 5.74) is 3.87. The Morgan fingerprint density at radius 3 is 2.28 bits per heavy atom. The first-order chi connectivity index (χ1) is 17.4. The molecule has 0 unspecified atom stereocenters. The summed E-state index contributed by atoms with van der Waals surface area (Å²) in [6.45, 7) is 1.60. The van der Waals surface area contributed by atoms with Crippen molar-refractivity contribution in [3.05, 3.63) is 76.3 Å². The lowest BCUT2D eigenvalue weighted by atomic mass is 10.1. The molecule has 36 heavy (non-hydrogen) atoms. The van der Waals surface area contributed by atoms with Gasteiger partial charge in [-0.05, 0) is 55.0 Å². The standard InChI is InChI=1S/C26H25ClN2O7/c1-16-11-19(9-10-20(16)27)35-15-24(30)29-28-14-17-7-5-6-8-21(17)36-26(31)18-12-22(32-2)25(34-4)23(13-18)33-3/h5-14H,15H2,1-4H3,(H,29,30)/b28-14-. The SMILES string of the molecule is COc1cc(C(=O)Oc2ccccc2/C=N\NC(=O)COc2ccc(Cl)c(C)c2)cc(OC)c1OC. The second-order valence-corrected chi connectivity index (χ2v) is 7.74. The Labute approximate surface area is 213 Å². The monoisotopic (exact) mass is 512 g/mol. The number of nitrogens with zero attached hydrogens (tertiary/aromatic N) is 1. The van der Waals surface area contributed by atoms with Gasteiger partial charge in [0.15, 0.2) is 18.1 Å². The van der Waals surface area contributed by atoms with E-state index in [1.807, 2.05) is 6.92 Å². The summed E-state index contributed by atoms with van der Waals surface area (Å²) < 4.78 is 26.9. The fourth-order valence-corrected chi connectivity index (χ4v) is 3.22. The van der Waals surface area contributed by atoms with Gasteiger partial charge >= 0.3 is 5.97 Å². The lowest BCUT2D eigenvalue weighted by molar-refractivity contribution is -0.123. The topological polar surface area (TPSA) is 105 Å². The minimum Gasteiger partial charge on any atom is -0.493 e. The van der Waals surface area contributed by atoms with E-state index in [0.717, 1.165) is 5.56 Å². The smallest absolute Gasteiger partial charge is 0.343 e. The molecule has 0 aliphatic heterocycles. The summed E-state index contributed by atoms with van der Waals surface area (Å²) in [6, 6.07) is 14.8. The Morgan fingerprint density at radius 1 is 0.944 bits per heavy atom. The third kappa shape index (κ3) is 6.67. The molecule has 9 nitrogen and oxygen atoms in total. The van der Waals surface area contributed by atoms with Crippen LogP contribution in [0, 0.1) is 6.92 Å². The summed E-state index contributed by atoms with van der Waals surface area (Å²) in [4.78, 5) is 24.9. The summed E-state index contributed by atoms with van der Waals surface area (Å²) >= 11 is 5.99. The molecule has 0 aromatic heterocycles. The van der Waals surface area contributed by atoms with Crippen LogP contribution in [0.1, 0.15) is 21.5 Å². The number of carbonyl (C=O) groups excluding carboxylic acids is 2. The molecule has 188 valence electrons. The predicted molar refractivity (Wildman–Crippen MR) is 135 cm³/mol. The summed E-state index contributed by atoms with van der Waals surface area (Å²) in [7, 11) is 4.37. The van der Waals surface area contributed by atoms with E-state index < -0.39 is 11.9 Å². The molecule has 0 aliphatic rings. The lowest BCUT2D eigenvalue weighted by Gasteiger charge is -2.14. The van der Waals surface area contributed by atoms with Crippen molar-refractivity contribution in [1.29, 1.82) is 0 Å². The van der Waals surface area contributed by atoms with Crippen LogP contribution in [0.25, 0.3) is 0 Å². The number of hydrogen-bond acceptors (Lipinski definition) is 8. The van der Waals surface area contributed by atoms with Crippen LogP contribution in [-0.4, -0.2) is 46.0 Å². The second-order valence-electron chi connectivity index (χ2n) is 7.33. The minimum absolute atomic E-state index is 0.194. The van der Waals surface area contributed by atoms with Gasteiger partial charge in [-0.25, -0.2) is 10.2 Å². The molecule has 0 saturated carbocycles. The number of amides is 1. The molecule has 0 radical (unpaired) electrons. The Morgan fingerprint density at radius 2 is 1.64 bits per heavy atom. The molecule has 10 heteroatoms. The van der Waals surface area contributed by atoms with Gasteiger partial charge in [-0.3, -0.25) is 4.79 Å². The van der Waals surface area contributed by atoms with Gasteiger partial charge in [0.05, 0.1) is 33.1 Å². The molecule has 3 aromatic carbocycles. The number of aryl methyl sites for hydroxylation is 1. The van der Waals surface area contributed by atoms with E-state index in [2.05, 4.69) is 10.5 Å². The third-order valence-electron chi connectivity index (χ3n) is 4.91. The van der Waals surface area contributed by atoms with E-state index in [1.54, 1.807) is 42.5 Å². The summed E-state index contributed by atoms with van der Waals surface area (Å²) in [5.74, 6) is 0.628. The number of nitrogens with one attached hydrogen (secondary N) is 1.